The average molecular weight is 327 g/mol. The molecule has 8 nitrogen and oxygen atoms in total. The van der Waals surface area contributed by atoms with Crippen LogP contribution in [0.25, 0.3) is 0 Å². The molecule has 3 amide bonds. The highest BCUT2D eigenvalue weighted by atomic mass is 16.6. The zero-order chi connectivity index (χ0) is 17.6. The number of primary amides is 1. The molecule has 1 fully saturated rings. The summed E-state index contributed by atoms with van der Waals surface area (Å²) in [5, 5.41) is 5.05. The van der Waals surface area contributed by atoms with Gasteiger partial charge in [0.25, 0.3) is 0 Å². The second-order valence-corrected chi connectivity index (χ2v) is 6.57. The topological polar surface area (TPSA) is 128 Å². The maximum atomic E-state index is 12.1. The van der Waals surface area contributed by atoms with Gasteiger partial charge in [-0.2, -0.15) is 0 Å². The molecular weight excluding hydrogens is 302 g/mol. The van der Waals surface area contributed by atoms with Gasteiger partial charge in [0, 0.05) is 13.0 Å². The maximum absolute atomic E-state index is 12.1. The summed E-state index contributed by atoms with van der Waals surface area (Å²) in [6, 6.07) is -1.01. The van der Waals surface area contributed by atoms with Gasteiger partial charge in [-0.15, -0.1) is 0 Å². The minimum absolute atomic E-state index is 0.0321. The number of nitrogens with two attached hydrogens (primary N) is 1. The fourth-order valence-electron chi connectivity index (χ4n) is 2.23. The molecule has 4 N–H and O–H groups in total. The van der Waals surface area contributed by atoms with Crippen LogP contribution in [0.1, 0.15) is 46.5 Å². The van der Waals surface area contributed by atoms with Crippen molar-refractivity contribution in [3.05, 3.63) is 0 Å². The molecule has 0 aromatic rings. The van der Waals surface area contributed by atoms with Crippen LogP contribution in [-0.2, 0) is 23.9 Å². The first-order chi connectivity index (χ1) is 10.6. The molecule has 2 atom stereocenters. The van der Waals surface area contributed by atoms with Crippen LogP contribution in [0.15, 0.2) is 0 Å². The lowest BCUT2D eigenvalue weighted by Crippen LogP contribution is -2.51. The zero-order valence-electron chi connectivity index (χ0n) is 13.8. The SMILES string of the molecule is CC(C)(C)OC(=O)CC[C@H](NC(=O)C1CCCNC1=O)C(N)=O. The normalized spacial score (nSPS) is 19.4. The van der Waals surface area contributed by atoms with Crippen molar-refractivity contribution in [1.29, 1.82) is 0 Å². The van der Waals surface area contributed by atoms with Gasteiger partial charge in [0.15, 0.2) is 0 Å². The number of rotatable bonds is 6. The van der Waals surface area contributed by atoms with Gasteiger partial charge in [0.05, 0.1) is 0 Å². The van der Waals surface area contributed by atoms with Gasteiger partial charge < -0.3 is 21.1 Å². The van der Waals surface area contributed by atoms with Crippen LogP contribution in [0, 0.1) is 5.92 Å². The van der Waals surface area contributed by atoms with Gasteiger partial charge >= 0.3 is 5.97 Å². The zero-order valence-corrected chi connectivity index (χ0v) is 13.8. The molecule has 1 aliphatic heterocycles. The van der Waals surface area contributed by atoms with Crippen molar-refractivity contribution in [2.45, 2.75) is 58.1 Å². The van der Waals surface area contributed by atoms with E-state index in [4.69, 9.17) is 10.5 Å². The molecular formula is C15H25N3O5. The lowest BCUT2D eigenvalue weighted by molar-refractivity contribution is -0.155. The number of hydrogen-bond donors (Lipinski definition) is 3. The van der Waals surface area contributed by atoms with E-state index in [1.54, 1.807) is 20.8 Å². The molecule has 0 bridgehead atoms. The van der Waals surface area contributed by atoms with E-state index < -0.39 is 35.3 Å². The standard InChI is InChI=1S/C15H25N3O5/c1-15(2,3)23-11(19)7-6-10(12(16)20)18-14(22)9-5-4-8-17-13(9)21/h9-10H,4-8H2,1-3H3,(H2,16,20)(H,17,21)(H,18,22)/t9?,10-/m0/s1. The summed E-state index contributed by atoms with van der Waals surface area (Å²) in [5.74, 6) is -2.96. The van der Waals surface area contributed by atoms with E-state index in [2.05, 4.69) is 10.6 Å². The Balaban J connectivity index is 2.55. The second-order valence-electron chi connectivity index (χ2n) is 6.57. The minimum atomic E-state index is -1.01. The van der Waals surface area contributed by atoms with Crippen molar-refractivity contribution in [2.24, 2.45) is 11.7 Å². The van der Waals surface area contributed by atoms with E-state index in [1.807, 2.05) is 0 Å². The van der Waals surface area contributed by atoms with E-state index in [1.165, 1.54) is 0 Å². The number of piperidine rings is 1. The average Bonchev–Trinajstić information content (AvgIpc) is 2.41. The van der Waals surface area contributed by atoms with Crippen molar-refractivity contribution < 1.29 is 23.9 Å². The van der Waals surface area contributed by atoms with Crippen LogP contribution in [0.2, 0.25) is 0 Å². The highest BCUT2D eigenvalue weighted by Gasteiger charge is 2.31. The molecule has 0 aromatic carbocycles. The second kappa shape index (κ2) is 7.94. The number of carbonyl (C=O) groups excluding carboxylic acids is 4. The lowest BCUT2D eigenvalue weighted by Gasteiger charge is -2.24. The Kier molecular flexibility index (Phi) is 6.53. The molecule has 1 saturated heterocycles. The quantitative estimate of drug-likeness (QED) is 0.452. The van der Waals surface area contributed by atoms with Gasteiger partial charge in [-0.25, -0.2) is 0 Å². The van der Waals surface area contributed by atoms with E-state index in [-0.39, 0.29) is 18.7 Å². The summed E-state index contributed by atoms with van der Waals surface area (Å²) < 4.78 is 5.14. The predicted octanol–water partition coefficient (Wildman–Crippen LogP) is -0.395. The Hall–Kier alpha value is -2.12. The van der Waals surface area contributed by atoms with Gasteiger partial charge in [0.2, 0.25) is 17.7 Å². The molecule has 1 heterocycles. The summed E-state index contributed by atoms with van der Waals surface area (Å²) in [6.45, 7) is 5.75. The third-order valence-electron chi connectivity index (χ3n) is 3.32. The van der Waals surface area contributed by atoms with Crippen LogP contribution in [0.3, 0.4) is 0 Å². The lowest BCUT2D eigenvalue weighted by atomic mass is 9.97. The molecule has 0 saturated carbocycles. The first kappa shape index (κ1) is 18.9. The molecule has 0 spiro atoms. The summed E-state index contributed by atoms with van der Waals surface area (Å²) >= 11 is 0. The van der Waals surface area contributed by atoms with E-state index in [9.17, 15) is 19.2 Å². The van der Waals surface area contributed by atoms with E-state index in [0.717, 1.165) is 0 Å². The van der Waals surface area contributed by atoms with Crippen molar-refractivity contribution in [1.82, 2.24) is 10.6 Å². The summed E-state index contributed by atoms with van der Waals surface area (Å²) in [6.07, 6.45) is 1.10. The van der Waals surface area contributed by atoms with Gasteiger partial charge in [-0.3, -0.25) is 19.2 Å². The number of esters is 1. The van der Waals surface area contributed by atoms with Crippen molar-refractivity contribution in [3.63, 3.8) is 0 Å². The van der Waals surface area contributed by atoms with Crippen LogP contribution < -0.4 is 16.4 Å². The molecule has 1 rings (SSSR count). The predicted molar refractivity (Wildman–Crippen MR) is 81.9 cm³/mol. The van der Waals surface area contributed by atoms with Crippen molar-refractivity contribution >= 4 is 23.7 Å². The Morgan fingerprint density at radius 1 is 1.39 bits per heavy atom. The Bertz CT molecular complexity index is 484. The molecule has 1 unspecified atom stereocenters. The number of nitrogens with one attached hydrogen (secondary N) is 2. The smallest absolute Gasteiger partial charge is 0.306 e. The molecule has 8 heteroatoms. The Morgan fingerprint density at radius 2 is 2.04 bits per heavy atom. The number of hydrogen-bond acceptors (Lipinski definition) is 5. The van der Waals surface area contributed by atoms with Crippen LogP contribution in [0.5, 0.6) is 0 Å². The molecule has 1 aliphatic rings. The van der Waals surface area contributed by atoms with Gasteiger partial charge in [-0.05, 0) is 40.0 Å². The van der Waals surface area contributed by atoms with Crippen molar-refractivity contribution in [3.8, 4) is 0 Å². The summed E-state index contributed by atoms with van der Waals surface area (Å²) in [4.78, 5) is 46.9. The van der Waals surface area contributed by atoms with Crippen LogP contribution in [-0.4, -0.2) is 41.9 Å². The number of amides is 3. The Morgan fingerprint density at radius 3 is 2.57 bits per heavy atom. The molecule has 23 heavy (non-hydrogen) atoms. The molecule has 130 valence electrons. The van der Waals surface area contributed by atoms with Crippen LogP contribution >= 0.6 is 0 Å². The Labute approximate surface area is 135 Å². The molecule has 0 aliphatic carbocycles. The third kappa shape index (κ3) is 6.66. The van der Waals surface area contributed by atoms with Crippen LogP contribution in [0.4, 0.5) is 0 Å². The number of ether oxygens (including phenoxy) is 1. The minimum Gasteiger partial charge on any atom is -0.460 e. The van der Waals surface area contributed by atoms with Gasteiger partial charge in [-0.1, -0.05) is 0 Å². The molecule has 0 aromatic heterocycles. The summed E-state index contributed by atoms with van der Waals surface area (Å²) in [5.41, 5.74) is 4.63. The van der Waals surface area contributed by atoms with Gasteiger partial charge in [0.1, 0.15) is 17.6 Å². The van der Waals surface area contributed by atoms with Crippen molar-refractivity contribution in [2.75, 3.05) is 6.54 Å². The maximum Gasteiger partial charge on any atom is 0.306 e. The summed E-state index contributed by atoms with van der Waals surface area (Å²) in [7, 11) is 0. The first-order valence-electron chi connectivity index (χ1n) is 7.69. The fourth-order valence-corrected chi connectivity index (χ4v) is 2.23. The van der Waals surface area contributed by atoms with E-state index in [0.29, 0.717) is 19.4 Å². The number of carbonyl (C=O) groups is 4. The largest absolute Gasteiger partial charge is 0.460 e. The highest BCUT2D eigenvalue weighted by Crippen LogP contribution is 2.13. The molecule has 0 radical (unpaired) electrons. The first-order valence-corrected chi connectivity index (χ1v) is 7.69. The third-order valence-corrected chi connectivity index (χ3v) is 3.32. The monoisotopic (exact) mass is 327 g/mol. The highest BCUT2D eigenvalue weighted by molar-refractivity contribution is 6.02. The fraction of sp³-hybridized carbons (Fsp3) is 0.733. The van der Waals surface area contributed by atoms with E-state index >= 15 is 0 Å².